The summed E-state index contributed by atoms with van der Waals surface area (Å²) in [5.41, 5.74) is 0.603. The van der Waals surface area contributed by atoms with Gasteiger partial charge in [0.2, 0.25) is 15.9 Å². The second kappa shape index (κ2) is 11.0. The molecule has 1 saturated carbocycles. The van der Waals surface area contributed by atoms with Gasteiger partial charge in [-0.3, -0.25) is 13.9 Å². The zero-order valence-electron chi connectivity index (χ0n) is 17.9. The van der Waals surface area contributed by atoms with Gasteiger partial charge in [0.1, 0.15) is 6.54 Å². The highest BCUT2D eigenvalue weighted by atomic mass is 35.5. The largest absolute Gasteiger partial charge is 0.349 e. The lowest BCUT2D eigenvalue weighted by Crippen LogP contribution is -2.39. The van der Waals surface area contributed by atoms with Crippen LogP contribution in [0.4, 0.5) is 11.4 Å². The van der Waals surface area contributed by atoms with Crippen molar-refractivity contribution in [3.63, 3.8) is 0 Å². The number of carbonyl (C=O) groups excluding carboxylic acids is 2. The summed E-state index contributed by atoms with van der Waals surface area (Å²) in [5, 5.41) is 5.93. The van der Waals surface area contributed by atoms with Crippen LogP contribution in [-0.2, 0) is 14.8 Å². The first-order valence-corrected chi connectivity index (χ1v) is 13.4. The fourth-order valence-corrected chi connectivity index (χ4v) is 5.26. The SMILES string of the molecule is CS(=O)(=O)N(CC(=O)Nc1ccccc1C(=O)NC1CCCCC1)c1cc(Cl)c(Cl)cc1Cl. The number of benzene rings is 2. The Bertz CT molecular complexity index is 1150. The fraction of sp³-hybridized carbons (Fsp3) is 0.364. The van der Waals surface area contributed by atoms with E-state index in [1.807, 2.05) is 0 Å². The van der Waals surface area contributed by atoms with E-state index in [0.29, 0.717) is 5.56 Å². The molecule has 7 nitrogen and oxygen atoms in total. The molecule has 1 aliphatic rings. The van der Waals surface area contributed by atoms with Gasteiger partial charge in [0.25, 0.3) is 5.91 Å². The standard InChI is InChI=1S/C22H24Cl3N3O4S/c1-33(31,32)28(20-12-17(24)16(23)11-18(20)25)13-21(29)27-19-10-6-5-9-15(19)22(30)26-14-7-3-2-4-8-14/h5-6,9-12,14H,2-4,7-8,13H2,1H3,(H,26,30)(H,27,29). The van der Waals surface area contributed by atoms with Crippen LogP contribution in [0, 0.1) is 0 Å². The van der Waals surface area contributed by atoms with Crippen LogP contribution < -0.4 is 14.9 Å². The van der Waals surface area contributed by atoms with Gasteiger partial charge in [-0.15, -0.1) is 0 Å². The molecule has 33 heavy (non-hydrogen) atoms. The molecule has 1 aliphatic carbocycles. The predicted octanol–water partition coefficient (Wildman–Crippen LogP) is 5.11. The molecule has 2 aromatic carbocycles. The van der Waals surface area contributed by atoms with Crippen LogP contribution in [0.3, 0.4) is 0 Å². The topological polar surface area (TPSA) is 95.6 Å². The van der Waals surface area contributed by atoms with Gasteiger partial charge in [-0.05, 0) is 37.1 Å². The van der Waals surface area contributed by atoms with Gasteiger partial charge in [-0.1, -0.05) is 66.2 Å². The van der Waals surface area contributed by atoms with E-state index < -0.39 is 22.5 Å². The van der Waals surface area contributed by atoms with Crippen LogP contribution in [0.25, 0.3) is 0 Å². The van der Waals surface area contributed by atoms with Gasteiger partial charge >= 0.3 is 0 Å². The smallest absolute Gasteiger partial charge is 0.253 e. The van der Waals surface area contributed by atoms with Crippen LogP contribution in [0.15, 0.2) is 36.4 Å². The highest BCUT2D eigenvalue weighted by molar-refractivity contribution is 7.92. The third-order valence-electron chi connectivity index (χ3n) is 5.33. The Morgan fingerprint density at radius 2 is 1.64 bits per heavy atom. The summed E-state index contributed by atoms with van der Waals surface area (Å²) < 4.78 is 25.7. The average Bonchev–Trinajstić information content (AvgIpc) is 2.75. The Labute approximate surface area is 208 Å². The molecule has 2 N–H and O–H groups in total. The minimum atomic E-state index is -3.90. The molecule has 11 heteroatoms. The second-order valence-electron chi connectivity index (χ2n) is 7.89. The number of rotatable bonds is 7. The van der Waals surface area contributed by atoms with Crippen LogP contribution >= 0.6 is 34.8 Å². The summed E-state index contributed by atoms with van der Waals surface area (Å²) >= 11 is 18.1. The van der Waals surface area contributed by atoms with Crippen LogP contribution in [0.2, 0.25) is 15.1 Å². The Morgan fingerprint density at radius 3 is 2.30 bits per heavy atom. The molecule has 0 bridgehead atoms. The van der Waals surface area contributed by atoms with Crippen molar-refractivity contribution < 1.29 is 18.0 Å². The number of para-hydroxylation sites is 1. The van der Waals surface area contributed by atoms with Crippen molar-refractivity contribution in [2.75, 3.05) is 22.4 Å². The van der Waals surface area contributed by atoms with Crippen molar-refractivity contribution in [1.29, 1.82) is 0 Å². The number of amides is 2. The number of nitrogens with zero attached hydrogens (tertiary/aromatic N) is 1. The Hall–Kier alpha value is -2.00. The number of nitrogens with one attached hydrogen (secondary N) is 2. The quantitative estimate of drug-likeness (QED) is 0.484. The Morgan fingerprint density at radius 1 is 1.00 bits per heavy atom. The van der Waals surface area contributed by atoms with E-state index in [0.717, 1.165) is 36.2 Å². The van der Waals surface area contributed by atoms with Crippen molar-refractivity contribution in [2.45, 2.75) is 38.1 Å². The number of anilines is 2. The predicted molar refractivity (Wildman–Crippen MR) is 133 cm³/mol. The van der Waals surface area contributed by atoms with E-state index >= 15 is 0 Å². The van der Waals surface area contributed by atoms with E-state index in [1.165, 1.54) is 18.6 Å². The molecule has 0 spiro atoms. The minimum Gasteiger partial charge on any atom is -0.349 e. The number of halogens is 3. The van der Waals surface area contributed by atoms with Crippen molar-refractivity contribution in [1.82, 2.24) is 5.32 Å². The third-order valence-corrected chi connectivity index (χ3v) is 7.48. The number of hydrogen-bond acceptors (Lipinski definition) is 4. The lowest BCUT2D eigenvalue weighted by atomic mass is 9.95. The number of hydrogen-bond donors (Lipinski definition) is 2. The molecule has 0 unspecified atom stereocenters. The van der Waals surface area contributed by atoms with Gasteiger partial charge in [0, 0.05) is 6.04 Å². The van der Waals surface area contributed by atoms with Crippen LogP contribution in [-0.4, -0.2) is 39.1 Å². The maximum atomic E-state index is 12.8. The molecule has 0 aliphatic heterocycles. The summed E-state index contributed by atoms with van der Waals surface area (Å²) in [4.78, 5) is 25.6. The maximum Gasteiger partial charge on any atom is 0.253 e. The monoisotopic (exact) mass is 531 g/mol. The molecule has 0 aromatic heterocycles. The maximum absolute atomic E-state index is 12.8. The molecule has 0 radical (unpaired) electrons. The highest BCUT2D eigenvalue weighted by Crippen LogP contribution is 2.35. The van der Waals surface area contributed by atoms with Gasteiger partial charge in [0.15, 0.2) is 0 Å². The van der Waals surface area contributed by atoms with Gasteiger partial charge in [-0.2, -0.15) is 0 Å². The van der Waals surface area contributed by atoms with Gasteiger partial charge in [0.05, 0.1) is 38.3 Å². The molecular weight excluding hydrogens is 509 g/mol. The van der Waals surface area contributed by atoms with E-state index in [4.69, 9.17) is 34.8 Å². The normalized spacial score (nSPS) is 14.5. The summed E-state index contributed by atoms with van der Waals surface area (Å²) in [6, 6.07) is 9.27. The van der Waals surface area contributed by atoms with E-state index in [-0.39, 0.29) is 38.4 Å². The zero-order valence-corrected chi connectivity index (χ0v) is 21.0. The molecule has 3 rings (SSSR count). The van der Waals surface area contributed by atoms with Crippen molar-refractivity contribution in [3.8, 4) is 0 Å². The van der Waals surface area contributed by atoms with Crippen molar-refractivity contribution in [3.05, 3.63) is 57.0 Å². The molecule has 1 fully saturated rings. The number of sulfonamides is 1. The minimum absolute atomic E-state index is 0.0204. The summed E-state index contributed by atoms with van der Waals surface area (Å²) in [6.07, 6.45) is 6.11. The molecule has 0 heterocycles. The first-order valence-electron chi connectivity index (χ1n) is 10.4. The lowest BCUT2D eigenvalue weighted by molar-refractivity contribution is -0.114. The van der Waals surface area contributed by atoms with Crippen molar-refractivity contribution in [2.24, 2.45) is 0 Å². The Balaban J connectivity index is 1.79. The van der Waals surface area contributed by atoms with E-state index in [1.54, 1.807) is 24.3 Å². The molecular formula is C22H24Cl3N3O4S. The van der Waals surface area contributed by atoms with E-state index in [9.17, 15) is 18.0 Å². The average molecular weight is 533 g/mol. The zero-order chi connectivity index (χ0) is 24.2. The van der Waals surface area contributed by atoms with Crippen LogP contribution in [0.5, 0.6) is 0 Å². The van der Waals surface area contributed by atoms with Crippen molar-refractivity contribution >= 4 is 68.0 Å². The first kappa shape index (κ1) is 25.6. The molecule has 0 saturated heterocycles. The molecule has 2 amide bonds. The fourth-order valence-electron chi connectivity index (χ4n) is 3.70. The third kappa shape index (κ3) is 6.76. The molecule has 178 valence electrons. The number of carbonyl (C=O) groups is 2. The van der Waals surface area contributed by atoms with Crippen LogP contribution in [0.1, 0.15) is 42.5 Å². The molecule has 0 atom stereocenters. The first-order chi connectivity index (χ1) is 15.6. The second-order valence-corrected chi connectivity index (χ2v) is 11.0. The summed E-state index contributed by atoms with van der Waals surface area (Å²) in [5.74, 6) is -0.939. The summed E-state index contributed by atoms with van der Waals surface area (Å²) in [6.45, 7) is -0.574. The lowest BCUT2D eigenvalue weighted by Gasteiger charge is -2.24. The van der Waals surface area contributed by atoms with E-state index in [2.05, 4.69) is 10.6 Å². The summed E-state index contributed by atoms with van der Waals surface area (Å²) in [7, 11) is -3.90. The van der Waals surface area contributed by atoms with Gasteiger partial charge in [-0.25, -0.2) is 8.42 Å². The highest BCUT2D eigenvalue weighted by Gasteiger charge is 2.25. The molecule has 2 aromatic rings. The Kier molecular flexibility index (Phi) is 8.50. The van der Waals surface area contributed by atoms with Gasteiger partial charge < -0.3 is 10.6 Å².